The molecule has 0 N–H and O–H groups in total. The second kappa shape index (κ2) is 4.41. The van der Waals surface area contributed by atoms with Gasteiger partial charge in [0, 0.05) is 23.7 Å². The number of rotatable bonds is 0. The maximum Gasteiger partial charge on any atom is 0.258 e. The summed E-state index contributed by atoms with van der Waals surface area (Å²) in [4.78, 5) is 16.6. The van der Waals surface area contributed by atoms with Crippen LogP contribution in [0.1, 0.15) is 29.7 Å². The zero-order valence-electron chi connectivity index (χ0n) is 10.5. The van der Waals surface area contributed by atoms with E-state index in [1.54, 1.807) is 6.20 Å². The summed E-state index contributed by atoms with van der Waals surface area (Å²) in [7, 11) is 0. The molecule has 3 rings (SSSR count). The Balaban J connectivity index is 2.34. The maximum absolute atomic E-state index is 12.4. The van der Waals surface area contributed by atoms with E-state index in [9.17, 15) is 4.79 Å². The Kier molecular flexibility index (Phi) is 2.74. The van der Waals surface area contributed by atoms with Crippen LogP contribution in [0, 0.1) is 6.92 Å². The number of aryl methyl sites for hydroxylation is 3. The molecule has 0 radical (unpaired) electrons. The van der Waals surface area contributed by atoms with E-state index in [2.05, 4.69) is 11.1 Å². The van der Waals surface area contributed by atoms with E-state index in [1.165, 1.54) is 5.56 Å². The molecule has 2 aromatic rings. The predicted octanol–water partition coefficient (Wildman–Crippen LogP) is 2.42. The topological polar surface area (TPSA) is 34.9 Å². The zero-order valence-corrected chi connectivity index (χ0v) is 10.5. The van der Waals surface area contributed by atoms with E-state index in [0.717, 1.165) is 42.6 Å². The Morgan fingerprint density at radius 2 is 2.00 bits per heavy atom. The third-order valence-electron chi connectivity index (χ3n) is 3.60. The number of pyridine rings is 2. The van der Waals surface area contributed by atoms with Crippen molar-refractivity contribution < 1.29 is 0 Å². The van der Waals surface area contributed by atoms with Crippen molar-refractivity contribution in [2.75, 3.05) is 0 Å². The van der Waals surface area contributed by atoms with Gasteiger partial charge in [0.05, 0.1) is 5.69 Å². The van der Waals surface area contributed by atoms with Gasteiger partial charge in [0.25, 0.3) is 5.56 Å². The van der Waals surface area contributed by atoms with Gasteiger partial charge in [0.1, 0.15) is 0 Å². The van der Waals surface area contributed by atoms with Gasteiger partial charge in [-0.25, -0.2) is 0 Å². The molecule has 0 saturated heterocycles. The van der Waals surface area contributed by atoms with E-state index in [-0.39, 0.29) is 5.56 Å². The van der Waals surface area contributed by atoms with Gasteiger partial charge >= 0.3 is 0 Å². The van der Waals surface area contributed by atoms with Gasteiger partial charge in [-0.1, -0.05) is 6.07 Å². The second-order valence-corrected chi connectivity index (χ2v) is 4.86. The number of hydrogen-bond donors (Lipinski definition) is 0. The number of hydrogen-bond acceptors (Lipinski definition) is 2. The lowest BCUT2D eigenvalue weighted by Gasteiger charge is -2.19. The molecule has 0 amide bonds. The molecule has 0 spiro atoms. The summed E-state index contributed by atoms with van der Waals surface area (Å²) in [6, 6.07) is 5.95. The summed E-state index contributed by atoms with van der Waals surface area (Å²) in [5, 5.41) is 0. The van der Waals surface area contributed by atoms with Gasteiger partial charge < -0.3 is 0 Å². The predicted molar refractivity (Wildman–Crippen MR) is 71.2 cm³/mol. The van der Waals surface area contributed by atoms with Crippen LogP contribution in [-0.2, 0) is 12.8 Å². The minimum absolute atomic E-state index is 0.0989. The highest BCUT2D eigenvalue weighted by molar-refractivity contribution is 5.42. The minimum Gasteiger partial charge on any atom is -0.281 e. The maximum atomic E-state index is 12.4. The second-order valence-electron chi connectivity index (χ2n) is 4.86. The van der Waals surface area contributed by atoms with E-state index >= 15 is 0 Å². The fourth-order valence-corrected chi connectivity index (χ4v) is 2.59. The van der Waals surface area contributed by atoms with Gasteiger partial charge in [-0.15, -0.1) is 0 Å². The lowest BCUT2D eigenvalue weighted by Crippen LogP contribution is -2.25. The average Bonchev–Trinajstić information content (AvgIpc) is 2.36. The molecule has 2 aromatic heterocycles. The molecular formula is C15H16N2O. The fraction of sp³-hybridized carbons (Fsp3) is 0.333. The molecule has 1 aliphatic heterocycles. The third kappa shape index (κ3) is 1.76. The lowest BCUT2D eigenvalue weighted by atomic mass is 10.0. The van der Waals surface area contributed by atoms with Crippen molar-refractivity contribution in [1.29, 1.82) is 0 Å². The molecule has 0 aliphatic carbocycles. The monoisotopic (exact) mass is 240 g/mol. The minimum atomic E-state index is 0.0989. The summed E-state index contributed by atoms with van der Waals surface area (Å²) in [6.07, 6.45) is 7.90. The standard InChI is InChI=1S/C15H16N2O/c1-11-6-7-13-5-3-2-4-12-10-16-9-8-14(12)17(13)15(11)18/h6-10H,2-5H2,1H3. The highest BCUT2D eigenvalue weighted by Gasteiger charge is 2.14. The third-order valence-corrected chi connectivity index (χ3v) is 3.60. The van der Waals surface area contributed by atoms with Crippen molar-refractivity contribution in [1.82, 2.24) is 9.55 Å². The average molecular weight is 240 g/mol. The van der Waals surface area contributed by atoms with Gasteiger partial charge in [-0.2, -0.15) is 0 Å². The van der Waals surface area contributed by atoms with Crippen LogP contribution in [-0.4, -0.2) is 9.55 Å². The Morgan fingerprint density at radius 3 is 2.89 bits per heavy atom. The van der Waals surface area contributed by atoms with Crippen LogP contribution in [0.5, 0.6) is 0 Å². The molecule has 0 fully saturated rings. The summed E-state index contributed by atoms with van der Waals surface area (Å²) in [6.45, 7) is 1.87. The molecule has 3 heterocycles. The SMILES string of the molecule is Cc1ccc2n(c1=O)-c1ccncc1CCCC2. The first-order valence-electron chi connectivity index (χ1n) is 6.42. The van der Waals surface area contributed by atoms with Gasteiger partial charge in [0.15, 0.2) is 0 Å². The number of nitrogens with zero attached hydrogens (tertiary/aromatic N) is 2. The van der Waals surface area contributed by atoms with E-state index < -0.39 is 0 Å². The van der Waals surface area contributed by atoms with Crippen LogP contribution in [0.25, 0.3) is 5.69 Å². The Labute approximate surface area is 106 Å². The van der Waals surface area contributed by atoms with Gasteiger partial charge in [-0.05, 0) is 50.3 Å². The lowest BCUT2D eigenvalue weighted by molar-refractivity contribution is 0.676. The first-order valence-corrected chi connectivity index (χ1v) is 6.42. The van der Waals surface area contributed by atoms with Crippen molar-refractivity contribution in [3.8, 4) is 5.69 Å². The quantitative estimate of drug-likeness (QED) is 0.709. The van der Waals surface area contributed by atoms with E-state index in [1.807, 2.05) is 29.8 Å². The molecular weight excluding hydrogens is 224 g/mol. The summed E-state index contributed by atoms with van der Waals surface area (Å²) < 4.78 is 1.87. The van der Waals surface area contributed by atoms with Crippen molar-refractivity contribution in [3.05, 3.63) is 57.8 Å². The van der Waals surface area contributed by atoms with Crippen molar-refractivity contribution in [3.63, 3.8) is 0 Å². The molecule has 3 nitrogen and oxygen atoms in total. The smallest absolute Gasteiger partial charge is 0.258 e. The summed E-state index contributed by atoms with van der Waals surface area (Å²) >= 11 is 0. The molecule has 3 heteroatoms. The van der Waals surface area contributed by atoms with Crippen molar-refractivity contribution in [2.45, 2.75) is 32.6 Å². The number of aromatic nitrogens is 2. The van der Waals surface area contributed by atoms with Crippen molar-refractivity contribution in [2.24, 2.45) is 0 Å². The molecule has 18 heavy (non-hydrogen) atoms. The first kappa shape index (κ1) is 11.2. The Hall–Kier alpha value is -1.90. The van der Waals surface area contributed by atoms with Crippen LogP contribution < -0.4 is 5.56 Å². The largest absolute Gasteiger partial charge is 0.281 e. The van der Waals surface area contributed by atoms with Crippen LogP contribution in [0.4, 0.5) is 0 Å². The Morgan fingerprint density at radius 1 is 1.17 bits per heavy atom. The molecule has 0 bridgehead atoms. The molecule has 0 atom stereocenters. The van der Waals surface area contributed by atoms with E-state index in [0.29, 0.717) is 0 Å². The van der Waals surface area contributed by atoms with Crippen LogP contribution in [0.3, 0.4) is 0 Å². The first-order chi connectivity index (χ1) is 8.77. The molecule has 0 aromatic carbocycles. The highest BCUT2D eigenvalue weighted by atomic mass is 16.1. The molecule has 92 valence electrons. The number of fused-ring (bicyclic) bond motifs is 3. The summed E-state index contributed by atoms with van der Waals surface area (Å²) in [5.41, 5.74) is 4.18. The zero-order chi connectivity index (χ0) is 12.5. The van der Waals surface area contributed by atoms with Gasteiger partial charge in [0.2, 0.25) is 0 Å². The van der Waals surface area contributed by atoms with Crippen LogP contribution >= 0.6 is 0 Å². The normalized spacial score (nSPS) is 14.3. The molecule has 1 aliphatic rings. The van der Waals surface area contributed by atoms with Gasteiger partial charge in [-0.3, -0.25) is 14.3 Å². The molecule has 0 saturated carbocycles. The Bertz CT molecular complexity index is 643. The fourth-order valence-electron chi connectivity index (χ4n) is 2.59. The highest BCUT2D eigenvalue weighted by Crippen LogP contribution is 2.21. The van der Waals surface area contributed by atoms with Crippen molar-refractivity contribution >= 4 is 0 Å². The van der Waals surface area contributed by atoms with Crippen LogP contribution in [0.15, 0.2) is 35.4 Å². The van der Waals surface area contributed by atoms with Crippen LogP contribution in [0.2, 0.25) is 0 Å². The summed E-state index contributed by atoms with van der Waals surface area (Å²) in [5.74, 6) is 0. The van der Waals surface area contributed by atoms with E-state index in [4.69, 9.17) is 0 Å². The molecule has 0 unspecified atom stereocenters.